The Kier molecular flexibility index (Phi) is 6.10. The average molecular weight is 444 g/mol. The molecule has 0 unspecified atom stereocenters. The maximum Gasteiger partial charge on any atom is 0.246 e. The van der Waals surface area contributed by atoms with Crippen LogP contribution in [-0.4, -0.2) is 41.2 Å². The Bertz CT molecular complexity index is 1130. The van der Waals surface area contributed by atoms with Gasteiger partial charge in [-0.25, -0.2) is 13.0 Å². The van der Waals surface area contributed by atoms with Crippen LogP contribution in [0.2, 0.25) is 0 Å². The van der Waals surface area contributed by atoms with Gasteiger partial charge in [0, 0.05) is 13.1 Å². The molecule has 1 aliphatic heterocycles. The zero-order chi connectivity index (χ0) is 21.8. The number of aromatic hydroxyl groups is 1. The van der Waals surface area contributed by atoms with Crippen molar-refractivity contribution in [1.82, 2.24) is 14.6 Å². The molecule has 3 N–H and O–H groups in total. The predicted octanol–water partition coefficient (Wildman–Crippen LogP) is 3.87. The van der Waals surface area contributed by atoms with Gasteiger partial charge in [-0.05, 0) is 47.3 Å². The number of nitrogens with zero attached hydrogens (tertiary/aromatic N) is 3. The summed E-state index contributed by atoms with van der Waals surface area (Å²) in [5.41, 5.74) is 1.28. The summed E-state index contributed by atoms with van der Waals surface area (Å²) in [5.74, 6) is 0.252. The molecule has 3 aromatic rings. The summed E-state index contributed by atoms with van der Waals surface area (Å²) in [6, 6.07) is 14.4. The summed E-state index contributed by atoms with van der Waals surface area (Å²) in [4.78, 5) is -0.138. The van der Waals surface area contributed by atoms with Crippen LogP contribution >= 0.6 is 0 Å². The van der Waals surface area contributed by atoms with Crippen molar-refractivity contribution >= 4 is 27.3 Å². The largest absolute Gasteiger partial charge is 0.504 e. The predicted molar refractivity (Wildman–Crippen MR) is 117 cm³/mol. The number of hydrogen-bond donors (Lipinski definition) is 3. The molecule has 0 bridgehead atoms. The van der Waals surface area contributed by atoms with Crippen LogP contribution in [0.15, 0.2) is 58.1 Å². The Labute approximate surface area is 181 Å². The fraction of sp³-hybridized carbons (Fsp3) is 0.333. The lowest BCUT2D eigenvalue weighted by molar-refractivity contribution is 0.310. The van der Waals surface area contributed by atoms with Crippen LogP contribution < -0.4 is 10.6 Å². The smallest absolute Gasteiger partial charge is 0.246 e. The van der Waals surface area contributed by atoms with E-state index in [-0.39, 0.29) is 28.2 Å². The first-order valence-electron chi connectivity index (χ1n) is 10.2. The van der Waals surface area contributed by atoms with E-state index in [0.29, 0.717) is 18.9 Å². The minimum absolute atomic E-state index is 0.0240. The normalized spacial score (nSPS) is 15.6. The summed E-state index contributed by atoms with van der Waals surface area (Å²) >= 11 is 0. The Morgan fingerprint density at radius 1 is 1.06 bits per heavy atom. The van der Waals surface area contributed by atoms with Gasteiger partial charge in [0.15, 0.2) is 5.75 Å². The number of hydrogen-bond acceptors (Lipinski definition) is 8. The second kappa shape index (κ2) is 8.94. The lowest BCUT2D eigenvalue weighted by Gasteiger charge is -2.18. The summed E-state index contributed by atoms with van der Waals surface area (Å²) in [5, 5.41) is 24.7. The number of sulfonamides is 1. The monoisotopic (exact) mass is 443 g/mol. The highest BCUT2D eigenvalue weighted by atomic mass is 32.2. The minimum Gasteiger partial charge on any atom is -0.504 e. The number of anilines is 3. The molecule has 1 atom stereocenters. The lowest BCUT2D eigenvalue weighted by Crippen LogP contribution is -2.28. The molecule has 1 fully saturated rings. The average Bonchev–Trinajstić information content (AvgIpc) is 3.47. The third kappa shape index (κ3) is 4.35. The van der Waals surface area contributed by atoms with E-state index in [9.17, 15) is 13.5 Å². The minimum atomic E-state index is -3.77. The van der Waals surface area contributed by atoms with Crippen LogP contribution in [0.25, 0.3) is 0 Å². The molecular formula is C21H25N5O4S. The van der Waals surface area contributed by atoms with Crippen LogP contribution in [0.3, 0.4) is 0 Å². The number of rotatable bonds is 8. The summed E-state index contributed by atoms with van der Waals surface area (Å²) < 4.78 is 32.1. The molecule has 0 amide bonds. The van der Waals surface area contributed by atoms with E-state index in [1.165, 1.54) is 10.4 Å². The van der Waals surface area contributed by atoms with Gasteiger partial charge in [-0.1, -0.05) is 43.3 Å². The van der Waals surface area contributed by atoms with Crippen molar-refractivity contribution < 1.29 is 18.2 Å². The van der Waals surface area contributed by atoms with E-state index in [2.05, 4.69) is 20.9 Å². The molecule has 31 heavy (non-hydrogen) atoms. The van der Waals surface area contributed by atoms with Crippen LogP contribution in [0.5, 0.6) is 5.75 Å². The zero-order valence-electron chi connectivity index (χ0n) is 17.2. The standard InChI is InChI=1S/C21H25N5O4S/c1-2-16(15-9-4-3-5-10-15)22-20-21(25-30-24-20)23-17-11-8-12-18(19(17)27)31(28,29)26-13-6-7-14-26/h3-5,8-12,16,27H,2,6-7,13-14H2,1H3,(H,22,24)(H,23,25)/t16-/m1/s1. The maximum absolute atomic E-state index is 12.9. The van der Waals surface area contributed by atoms with Gasteiger partial charge < -0.3 is 15.7 Å². The van der Waals surface area contributed by atoms with Crippen molar-refractivity contribution in [2.24, 2.45) is 0 Å². The van der Waals surface area contributed by atoms with E-state index in [0.717, 1.165) is 24.8 Å². The van der Waals surface area contributed by atoms with Crippen molar-refractivity contribution in [3.05, 3.63) is 54.1 Å². The number of benzene rings is 2. The molecule has 2 heterocycles. The first-order valence-corrected chi connectivity index (χ1v) is 11.7. The fourth-order valence-corrected chi connectivity index (χ4v) is 5.29. The summed E-state index contributed by atoms with van der Waals surface area (Å²) in [6.45, 7) is 2.96. The molecule has 1 aromatic heterocycles. The van der Waals surface area contributed by atoms with Crippen LogP contribution in [-0.2, 0) is 10.0 Å². The zero-order valence-corrected chi connectivity index (χ0v) is 18.0. The van der Waals surface area contributed by atoms with E-state index in [1.807, 2.05) is 37.3 Å². The fourth-order valence-electron chi connectivity index (χ4n) is 3.66. The van der Waals surface area contributed by atoms with Crippen molar-refractivity contribution in [2.45, 2.75) is 37.1 Å². The van der Waals surface area contributed by atoms with Gasteiger partial charge in [0.1, 0.15) is 4.90 Å². The molecule has 10 heteroatoms. The molecule has 1 aliphatic rings. The van der Waals surface area contributed by atoms with Gasteiger partial charge in [-0.2, -0.15) is 4.31 Å². The molecule has 2 aromatic carbocycles. The van der Waals surface area contributed by atoms with Gasteiger partial charge >= 0.3 is 0 Å². The molecular weight excluding hydrogens is 418 g/mol. The van der Waals surface area contributed by atoms with Gasteiger partial charge in [0.25, 0.3) is 0 Å². The molecule has 164 valence electrons. The van der Waals surface area contributed by atoms with Crippen molar-refractivity contribution in [3.63, 3.8) is 0 Å². The van der Waals surface area contributed by atoms with E-state index in [1.54, 1.807) is 12.1 Å². The van der Waals surface area contributed by atoms with Crippen LogP contribution in [0.1, 0.15) is 37.8 Å². The molecule has 0 radical (unpaired) electrons. The van der Waals surface area contributed by atoms with Gasteiger partial charge in [-0.3, -0.25) is 0 Å². The molecule has 0 aliphatic carbocycles. The number of aromatic nitrogens is 2. The maximum atomic E-state index is 12.9. The Morgan fingerprint density at radius 3 is 2.48 bits per heavy atom. The third-order valence-corrected chi connectivity index (χ3v) is 7.27. The highest BCUT2D eigenvalue weighted by Crippen LogP contribution is 2.36. The quantitative estimate of drug-likeness (QED) is 0.449. The van der Waals surface area contributed by atoms with E-state index >= 15 is 0 Å². The number of nitrogens with one attached hydrogen (secondary N) is 2. The first-order chi connectivity index (χ1) is 15.0. The SMILES string of the molecule is CC[C@@H](Nc1nonc1Nc1cccc(S(=O)(=O)N2CCCC2)c1O)c1ccccc1. The highest BCUT2D eigenvalue weighted by molar-refractivity contribution is 7.89. The summed E-state index contributed by atoms with van der Waals surface area (Å²) in [6.07, 6.45) is 2.43. The van der Waals surface area contributed by atoms with E-state index in [4.69, 9.17) is 4.63 Å². The van der Waals surface area contributed by atoms with E-state index < -0.39 is 10.0 Å². The Balaban J connectivity index is 1.58. The third-order valence-electron chi connectivity index (χ3n) is 5.34. The van der Waals surface area contributed by atoms with Crippen molar-refractivity contribution in [3.8, 4) is 5.75 Å². The van der Waals surface area contributed by atoms with Crippen LogP contribution in [0.4, 0.5) is 17.3 Å². The molecule has 4 rings (SSSR count). The Hall–Kier alpha value is -3.11. The summed E-state index contributed by atoms with van der Waals surface area (Å²) in [7, 11) is -3.77. The first kappa shape index (κ1) is 21.1. The topological polar surface area (TPSA) is 121 Å². The van der Waals surface area contributed by atoms with Gasteiger partial charge in [-0.15, -0.1) is 0 Å². The highest BCUT2D eigenvalue weighted by Gasteiger charge is 2.30. The molecule has 0 saturated carbocycles. The number of phenolic OH excluding ortho intramolecular Hbond substituents is 1. The number of para-hydroxylation sites is 1. The molecule has 9 nitrogen and oxygen atoms in total. The van der Waals surface area contributed by atoms with Crippen molar-refractivity contribution in [2.75, 3.05) is 23.7 Å². The second-order valence-corrected chi connectivity index (χ2v) is 9.27. The molecule has 1 saturated heterocycles. The second-order valence-electron chi connectivity index (χ2n) is 7.37. The lowest BCUT2D eigenvalue weighted by atomic mass is 10.0. The van der Waals surface area contributed by atoms with Gasteiger partial charge in [0.05, 0.1) is 11.7 Å². The Morgan fingerprint density at radius 2 is 1.77 bits per heavy atom. The van der Waals surface area contributed by atoms with Gasteiger partial charge in [0.2, 0.25) is 21.7 Å². The molecule has 0 spiro atoms. The van der Waals surface area contributed by atoms with Crippen molar-refractivity contribution in [1.29, 1.82) is 0 Å². The van der Waals surface area contributed by atoms with Crippen LogP contribution in [0, 0.1) is 0 Å². The number of phenols is 1.